The van der Waals surface area contributed by atoms with Crippen LogP contribution in [0.4, 0.5) is 0 Å². The fraction of sp³-hybridized carbons (Fsp3) is 0.214. The molecule has 2 heteroatoms. The molecule has 82 valence electrons. The number of carbonyl (C=O) groups excluding carboxylic acids is 1. The Hall–Kier alpha value is -1.28. The van der Waals surface area contributed by atoms with Crippen molar-refractivity contribution < 1.29 is 4.79 Å². The number of hydrogen-bond acceptors (Lipinski definition) is 2. The van der Waals surface area contributed by atoms with Gasteiger partial charge in [-0.1, -0.05) is 61.2 Å². The van der Waals surface area contributed by atoms with Crippen molar-refractivity contribution in [3.05, 3.63) is 48.0 Å². The van der Waals surface area contributed by atoms with Gasteiger partial charge in [0.05, 0.1) is 5.92 Å². The summed E-state index contributed by atoms with van der Waals surface area (Å²) in [6.07, 6.45) is 1.83. The first-order valence-electron chi connectivity index (χ1n) is 5.29. The van der Waals surface area contributed by atoms with E-state index in [9.17, 15) is 4.79 Å². The van der Waals surface area contributed by atoms with Crippen molar-refractivity contribution in [2.75, 3.05) is 6.26 Å². The van der Waals surface area contributed by atoms with E-state index in [0.717, 1.165) is 5.56 Å². The van der Waals surface area contributed by atoms with E-state index in [4.69, 9.17) is 0 Å². The van der Waals surface area contributed by atoms with Crippen LogP contribution in [0.15, 0.2) is 42.5 Å². The molecular formula is C14H14OS. The maximum absolute atomic E-state index is 11.6. The van der Waals surface area contributed by atoms with Crippen molar-refractivity contribution in [1.29, 1.82) is 0 Å². The Morgan fingerprint density at radius 1 is 1.12 bits per heavy atom. The molecule has 0 saturated heterocycles. The van der Waals surface area contributed by atoms with Gasteiger partial charge in [0.1, 0.15) is 0 Å². The second kappa shape index (κ2) is 4.71. The summed E-state index contributed by atoms with van der Waals surface area (Å²) in [7, 11) is 0. The van der Waals surface area contributed by atoms with Crippen molar-refractivity contribution in [2.45, 2.75) is 12.8 Å². The molecule has 0 radical (unpaired) electrons. The summed E-state index contributed by atoms with van der Waals surface area (Å²) in [5.41, 5.74) is 1.10. The first-order chi connectivity index (χ1) is 7.72. The van der Waals surface area contributed by atoms with Gasteiger partial charge in [0.15, 0.2) is 5.12 Å². The lowest BCUT2D eigenvalue weighted by molar-refractivity contribution is -0.111. The van der Waals surface area contributed by atoms with Gasteiger partial charge < -0.3 is 0 Å². The normalized spacial score (nSPS) is 12.6. The highest BCUT2D eigenvalue weighted by molar-refractivity contribution is 8.13. The van der Waals surface area contributed by atoms with Crippen LogP contribution in [-0.4, -0.2) is 11.4 Å². The average molecular weight is 230 g/mol. The van der Waals surface area contributed by atoms with Gasteiger partial charge >= 0.3 is 0 Å². The molecule has 1 atom stereocenters. The third-order valence-corrected chi connectivity index (χ3v) is 3.58. The van der Waals surface area contributed by atoms with Crippen LogP contribution in [0.25, 0.3) is 10.8 Å². The molecule has 0 aliphatic rings. The molecule has 16 heavy (non-hydrogen) atoms. The Kier molecular flexibility index (Phi) is 3.30. The van der Waals surface area contributed by atoms with E-state index in [-0.39, 0.29) is 11.0 Å². The SMILES string of the molecule is CSC(=O)[C@H](C)c1ccc2ccccc2c1. The molecule has 0 heterocycles. The lowest BCUT2D eigenvalue weighted by Crippen LogP contribution is -2.03. The summed E-state index contributed by atoms with van der Waals surface area (Å²) in [5.74, 6) is -0.0281. The van der Waals surface area contributed by atoms with Gasteiger partial charge in [-0.3, -0.25) is 4.79 Å². The summed E-state index contributed by atoms with van der Waals surface area (Å²) in [4.78, 5) is 11.6. The van der Waals surface area contributed by atoms with Crippen LogP contribution in [0.2, 0.25) is 0 Å². The van der Waals surface area contributed by atoms with E-state index < -0.39 is 0 Å². The highest BCUT2D eigenvalue weighted by Gasteiger charge is 2.13. The molecule has 0 aliphatic carbocycles. The van der Waals surface area contributed by atoms with Gasteiger partial charge in [0.2, 0.25) is 0 Å². The number of fused-ring (bicyclic) bond motifs is 1. The molecule has 0 fully saturated rings. The zero-order chi connectivity index (χ0) is 11.5. The van der Waals surface area contributed by atoms with Crippen molar-refractivity contribution in [3.63, 3.8) is 0 Å². The largest absolute Gasteiger partial charge is 0.287 e. The molecule has 0 aliphatic heterocycles. The van der Waals surface area contributed by atoms with Crippen LogP contribution in [0, 0.1) is 0 Å². The Labute approximate surface area is 99.9 Å². The summed E-state index contributed by atoms with van der Waals surface area (Å²) in [5, 5.41) is 2.63. The summed E-state index contributed by atoms with van der Waals surface area (Å²) in [6, 6.07) is 14.4. The van der Waals surface area contributed by atoms with Gasteiger partial charge in [-0.2, -0.15) is 0 Å². The smallest absolute Gasteiger partial charge is 0.195 e. The highest BCUT2D eigenvalue weighted by Crippen LogP contribution is 2.24. The predicted molar refractivity (Wildman–Crippen MR) is 70.9 cm³/mol. The minimum Gasteiger partial charge on any atom is -0.287 e. The maximum Gasteiger partial charge on any atom is 0.195 e. The van der Waals surface area contributed by atoms with Crippen LogP contribution < -0.4 is 0 Å². The van der Waals surface area contributed by atoms with E-state index in [1.165, 1.54) is 22.5 Å². The molecule has 1 nitrogen and oxygen atoms in total. The Bertz CT molecular complexity index is 519. The molecule has 0 unspecified atom stereocenters. The third-order valence-electron chi connectivity index (χ3n) is 2.83. The zero-order valence-electron chi connectivity index (χ0n) is 9.44. The van der Waals surface area contributed by atoms with Crippen LogP contribution in [0.1, 0.15) is 18.4 Å². The molecule has 2 aromatic rings. The van der Waals surface area contributed by atoms with E-state index in [2.05, 4.69) is 24.3 Å². The van der Waals surface area contributed by atoms with Crippen LogP contribution in [-0.2, 0) is 4.79 Å². The maximum atomic E-state index is 11.6. The predicted octanol–water partition coefficient (Wildman–Crippen LogP) is 3.83. The first kappa shape index (κ1) is 11.2. The monoisotopic (exact) mass is 230 g/mol. The van der Waals surface area contributed by atoms with E-state index in [0.29, 0.717) is 0 Å². The first-order valence-corrected chi connectivity index (χ1v) is 6.51. The van der Waals surface area contributed by atoms with Gasteiger partial charge in [-0.15, -0.1) is 0 Å². The molecule has 0 amide bonds. The van der Waals surface area contributed by atoms with E-state index in [1.54, 1.807) is 0 Å². The van der Waals surface area contributed by atoms with E-state index >= 15 is 0 Å². The van der Waals surface area contributed by atoms with Crippen molar-refractivity contribution in [2.24, 2.45) is 0 Å². The van der Waals surface area contributed by atoms with Crippen molar-refractivity contribution >= 4 is 27.6 Å². The highest BCUT2D eigenvalue weighted by atomic mass is 32.2. The minimum absolute atomic E-state index is 0.0281. The molecule has 0 bridgehead atoms. The topological polar surface area (TPSA) is 17.1 Å². The number of thioether (sulfide) groups is 1. The molecule has 0 spiro atoms. The number of rotatable bonds is 2. The Morgan fingerprint density at radius 2 is 1.81 bits per heavy atom. The summed E-state index contributed by atoms with van der Waals surface area (Å²) >= 11 is 1.29. The number of carbonyl (C=O) groups is 1. The fourth-order valence-electron chi connectivity index (χ4n) is 1.79. The van der Waals surface area contributed by atoms with Crippen molar-refractivity contribution in [1.82, 2.24) is 0 Å². The lowest BCUT2D eigenvalue weighted by Gasteiger charge is -2.09. The average Bonchev–Trinajstić information content (AvgIpc) is 2.36. The quantitative estimate of drug-likeness (QED) is 0.780. The van der Waals surface area contributed by atoms with E-state index in [1.807, 2.05) is 31.4 Å². The van der Waals surface area contributed by atoms with Crippen LogP contribution >= 0.6 is 11.8 Å². The molecule has 0 N–H and O–H groups in total. The number of benzene rings is 2. The van der Waals surface area contributed by atoms with Crippen LogP contribution in [0.5, 0.6) is 0 Å². The molecule has 2 aromatic carbocycles. The molecule has 2 rings (SSSR count). The van der Waals surface area contributed by atoms with Gasteiger partial charge in [0.25, 0.3) is 0 Å². The molecule has 0 saturated carbocycles. The fourth-order valence-corrected chi connectivity index (χ4v) is 2.28. The lowest BCUT2D eigenvalue weighted by atomic mass is 9.99. The Morgan fingerprint density at radius 3 is 2.50 bits per heavy atom. The summed E-state index contributed by atoms with van der Waals surface area (Å²) in [6.45, 7) is 1.96. The molecular weight excluding hydrogens is 216 g/mol. The standard InChI is InChI=1S/C14H14OS/c1-10(14(15)16-2)12-8-7-11-5-3-4-6-13(11)9-12/h3-10H,1-2H3/t10-/m1/s1. The second-order valence-electron chi connectivity index (χ2n) is 3.85. The van der Waals surface area contributed by atoms with Gasteiger partial charge in [-0.25, -0.2) is 0 Å². The minimum atomic E-state index is -0.0281. The number of hydrogen-bond donors (Lipinski definition) is 0. The van der Waals surface area contributed by atoms with Gasteiger partial charge in [0, 0.05) is 0 Å². The Balaban J connectivity index is 2.43. The van der Waals surface area contributed by atoms with Gasteiger partial charge in [-0.05, 0) is 22.6 Å². The third kappa shape index (κ3) is 2.12. The molecule has 0 aromatic heterocycles. The second-order valence-corrected chi connectivity index (χ2v) is 4.66. The summed E-state index contributed by atoms with van der Waals surface area (Å²) < 4.78 is 0. The van der Waals surface area contributed by atoms with Crippen molar-refractivity contribution in [3.8, 4) is 0 Å². The zero-order valence-corrected chi connectivity index (χ0v) is 10.3. The van der Waals surface area contributed by atoms with Crippen LogP contribution in [0.3, 0.4) is 0 Å².